The van der Waals surface area contributed by atoms with Gasteiger partial charge in [0.1, 0.15) is 0 Å². The minimum absolute atomic E-state index is 0.311. The number of aliphatic hydroxyl groups excluding tert-OH is 1. The summed E-state index contributed by atoms with van der Waals surface area (Å²) in [6.45, 7) is 1.75. The first-order valence-electron chi connectivity index (χ1n) is 6.60. The number of carbonyl (C=O) groups is 2. The average molecular weight is 303 g/mol. The second-order valence-electron chi connectivity index (χ2n) is 4.74. The fourth-order valence-electron chi connectivity index (χ4n) is 2.18. The van der Waals surface area contributed by atoms with Crippen molar-refractivity contribution in [2.75, 3.05) is 12.1 Å². The molecule has 1 atom stereocenters. The molecule has 2 rings (SSSR count). The summed E-state index contributed by atoms with van der Waals surface area (Å²) in [5, 5.41) is 24.8. The summed E-state index contributed by atoms with van der Waals surface area (Å²) in [5.74, 6) is -1.82. The lowest BCUT2D eigenvalue weighted by molar-refractivity contribution is -0.131. The maximum absolute atomic E-state index is 11.7. The van der Waals surface area contributed by atoms with Gasteiger partial charge in [0.2, 0.25) is 5.91 Å². The molecular formula is C15H17N3O4. The summed E-state index contributed by atoms with van der Waals surface area (Å²) in [5.41, 5.74) is 1.74. The van der Waals surface area contributed by atoms with Crippen molar-refractivity contribution in [1.29, 1.82) is 0 Å². The molecule has 22 heavy (non-hydrogen) atoms. The zero-order valence-electron chi connectivity index (χ0n) is 12.2. The first kappa shape index (κ1) is 15.6. The Morgan fingerprint density at radius 2 is 1.86 bits per heavy atom. The molecular weight excluding hydrogens is 286 g/mol. The number of amides is 1. The van der Waals surface area contributed by atoms with Crippen molar-refractivity contribution in [3.05, 3.63) is 53.9 Å². The maximum Gasteiger partial charge on any atom is 0.328 e. The topological polar surface area (TPSA) is 93.1 Å². The molecule has 0 saturated carbocycles. The molecule has 1 aromatic rings. The molecule has 0 aromatic heterocycles. The van der Waals surface area contributed by atoms with E-state index in [0.717, 1.165) is 17.8 Å². The Kier molecular flexibility index (Phi) is 4.47. The van der Waals surface area contributed by atoms with E-state index in [1.165, 1.54) is 0 Å². The van der Waals surface area contributed by atoms with Gasteiger partial charge in [-0.1, -0.05) is 18.2 Å². The van der Waals surface area contributed by atoms with Crippen LogP contribution in [0.1, 0.15) is 6.92 Å². The number of nitrogens with zero attached hydrogens (tertiary/aromatic N) is 2. The summed E-state index contributed by atoms with van der Waals surface area (Å²) in [6.07, 6.45) is 0.584. The molecule has 1 heterocycles. The normalized spacial score (nSPS) is 18.2. The van der Waals surface area contributed by atoms with E-state index in [-0.39, 0.29) is 0 Å². The third-order valence-electron chi connectivity index (χ3n) is 3.34. The van der Waals surface area contributed by atoms with Crippen LogP contribution in [0.25, 0.3) is 0 Å². The van der Waals surface area contributed by atoms with Crippen molar-refractivity contribution in [3.63, 3.8) is 0 Å². The van der Waals surface area contributed by atoms with Crippen LogP contribution in [0.4, 0.5) is 5.69 Å². The van der Waals surface area contributed by atoms with Crippen LogP contribution in [0, 0.1) is 0 Å². The van der Waals surface area contributed by atoms with Crippen LogP contribution in [0.5, 0.6) is 0 Å². The van der Waals surface area contributed by atoms with Crippen LogP contribution in [0.15, 0.2) is 53.9 Å². The molecule has 116 valence electrons. The monoisotopic (exact) mass is 303 g/mol. The number of hydrogen-bond acceptors (Lipinski definition) is 5. The van der Waals surface area contributed by atoms with E-state index in [1.54, 1.807) is 24.0 Å². The second-order valence-corrected chi connectivity index (χ2v) is 4.74. The Hall–Kier alpha value is -2.80. The molecule has 0 aliphatic carbocycles. The van der Waals surface area contributed by atoms with Crippen molar-refractivity contribution in [2.45, 2.75) is 13.2 Å². The Morgan fingerprint density at radius 3 is 2.45 bits per heavy atom. The van der Waals surface area contributed by atoms with Crippen molar-refractivity contribution >= 4 is 17.6 Å². The van der Waals surface area contributed by atoms with Gasteiger partial charge in [-0.2, -0.15) is 0 Å². The largest absolute Gasteiger partial charge is 0.478 e. The molecule has 1 unspecified atom stereocenters. The SMILES string of the molecule is CC1=C(NC(=O)/C=C\C(=O)O)C(O)N(c2ccccc2)N1C. The lowest BCUT2D eigenvalue weighted by atomic mass is 10.3. The number of aliphatic carboxylic acids is 1. The van der Waals surface area contributed by atoms with Crippen molar-refractivity contribution < 1.29 is 19.8 Å². The van der Waals surface area contributed by atoms with E-state index in [9.17, 15) is 14.7 Å². The van der Waals surface area contributed by atoms with Crippen molar-refractivity contribution in [1.82, 2.24) is 10.3 Å². The lowest BCUT2D eigenvalue weighted by Gasteiger charge is -2.31. The molecule has 0 saturated heterocycles. The zero-order valence-corrected chi connectivity index (χ0v) is 12.2. The predicted molar refractivity (Wildman–Crippen MR) is 80.3 cm³/mol. The predicted octanol–water partition coefficient (Wildman–Crippen LogP) is 0.660. The number of carboxylic acids is 1. The van der Waals surface area contributed by atoms with Crippen molar-refractivity contribution in [2.24, 2.45) is 0 Å². The number of rotatable bonds is 4. The van der Waals surface area contributed by atoms with Crippen molar-refractivity contribution in [3.8, 4) is 0 Å². The summed E-state index contributed by atoms with van der Waals surface area (Å²) < 4.78 is 0. The van der Waals surface area contributed by atoms with Gasteiger partial charge in [0, 0.05) is 19.2 Å². The zero-order chi connectivity index (χ0) is 16.3. The van der Waals surface area contributed by atoms with E-state index in [0.29, 0.717) is 11.4 Å². The maximum atomic E-state index is 11.7. The highest BCUT2D eigenvalue weighted by Gasteiger charge is 2.34. The molecule has 1 amide bonds. The van der Waals surface area contributed by atoms with Gasteiger partial charge in [0.25, 0.3) is 0 Å². The first-order chi connectivity index (χ1) is 10.4. The highest BCUT2D eigenvalue weighted by molar-refractivity contribution is 5.94. The molecule has 0 spiro atoms. The number of anilines is 1. The quantitative estimate of drug-likeness (QED) is 0.708. The summed E-state index contributed by atoms with van der Waals surface area (Å²) in [4.78, 5) is 22.1. The molecule has 0 bridgehead atoms. The van der Waals surface area contributed by atoms with Crippen LogP contribution in [-0.2, 0) is 9.59 Å². The Labute approximate surface area is 127 Å². The van der Waals surface area contributed by atoms with E-state index in [2.05, 4.69) is 5.32 Å². The third kappa shape index (κ3) is 3.09. The molecule has 1 aliphatic heterocycles. The minimum atomic E-state index is -1.21. The smallest absolute Gasteiger partial charge is 0.328 e. The number of nitrogens with one attached hydrogen (secondary N) is 1. The number of hydrazine groups is 1. The highest BCUT2D eigenvalue weighted by atomic mass is 16.4. The van der Waals surface area contributed by atoms with Gasteiger partial charge in [0.05, 0.1) is 17.1 Å². The molecule has 0 radical (unpaired) electrons. The molecule has 3 N–H and O–H groups in total. The number of hydrogen-bond donors (Lipinski definition) is 3. The van der Waals surface area contributed by atoms with Gasteiger partial charge in [-0.25, -0.2) is 4.79 Å². The summed E-state index contributed by atoms with van der Waals surface area (Å²) >= 11 is 0. The summed E-state index contributed by atoms with van der Waals surface area (Å²) in [7, 11) is 1.76. The van der Waals surface area contributed by atoms with Gasteiger partial charge >= 0.3 is 5.97 Å². The molecule has 1 aliphatic rings. The lowest BCUT2D eigenvalue weighted by Crippen LogP contribution is -2.42. The third-order valence-corrected chi connectivity index (χ3v) is 3.34. The van der Waals surface area contributed by atoms with Gasteiger partial charge in [-0.15, -0.1) is 0 Å². The van der Waals surface area contributed by atoms with E-state index in [4.69, 9.17) is 5.11 Å². The molecule has 7 nitrogen and oxygen atoms in total. The van der Waals surface area contributed by atoms with Crippen LogP contribution in [-0.4, -0.2) is 40.4 Å². The van der Waals surface area contributed by atoms with Gasteiger partial charge in [-0.3, -0.25) is 14.8 Å². The molecule has 0 fully saturated rings. The van der Waals surface area contributed by atoms with Crippen LogP contribution in [0.2, 0.25) is 0 Å². The van der Waals surface area contributed by atoms with Gasteiger partial charge < -0.3 is 15.5 Å². The van der Waals surface area contributed by atoms with E-state index in [1.807, 2.05) is 30.3 Å². The van der Waals surface area contributed by atoms with Crippen LogP contribution in [0.3, 0.4) is 0 Å². The number of carboxylic acid groups (broad SMARTS) is 1. The second kappa shape index (κ2) is 6.31. The van der Waals surface area contributed by atoms with Crippen LogP contribution < -0.4 is 10.3 Å². The number of benzene rings is 1. The van der Waals surface area contributed by atoms with E-state index >= 15 is 0 Å². The Balaban J connectivity index is 2.19. The summed E-state index contributed by atoms with van der Waals surface area (Å²) in [6, 6.07) is 9.23. The van der Waals surface area contributed by atoms with Crippen LogP contribution >= 0.6 is 0 Å². The number of para-hydroxylation sites is 1. The fourth-order valence-corrected chi connectivity index (χ4v) is 2.18. The molecule has 1 aromatic carbocycles. The van der Waals surface area contributed by atoms with Gasteiger partial charge in [0.15, 0.2) is 6.23 Å². The Morgan fingerprint density at radius 1 is 1.23 bits per heavy atom. The number of allylic oxidation sites excluding steroid dienone is 1. The number of carbonyl (C=O) groups excluding carboxylic acids is 1. The first-order valence-corrected chi connectivity index (χ1v) is 6.60. The van der Waals surface area contributed by atoms with E-state index < -0.39 is 18.1 Å². The standard InChI is InChI=1S/C15H17N3O4/c1-10-14(16-12(19)8-9-13(20)21)15(22)18(17(10)2)11-6-4-3-5-7-11/h3-9,15,22H,1-2H3,(H,16,19)(H,20,21)/b9-8-. The fraction of sp³-hybridized carbons (Fsp3) is 0.200. The highest BCUT2D eigenvalue weighted by Crippen LogP contribution is 2.30. The minimum Gasteiger partial charge on any atom is -0.478 e. The van der Waals surface area contributed by atoms with Gasteiger partial charge in [-0.05, 0) is 19.1 Å². The average Bonchev–Trinajstić information content (AvgIpc) is 2.70. The number of aliphatic hydroxyl groups is 1. The Bertz CT molecular complexity index is 639. The molecule has 7 heteroatoms.